The number of β-lactam (4-membered cyclic amide) rings is 1. The predicted octanol–water partition coefficient (Wildman–Crippen LogP) is -0.155. The zero-order chi connectivity index (χ0) is 24.6. The lowest BCUT2D eigenvalue weighted by Crippen LogP contribution is -2.61. The van der Waals surface area contributed by atoms with Gasteiger partial charge in [0.05, 0.1) is 17.5 Å². The molecule has 14 nitrogen and oxygen atoms in total. The molecule has 17 heteroatoms. The van der Waals surface area contributed by atoms with Crippen LogP contribution < -0.4 is 22.5 Å². The zero-order valence-electron chi connectivity index (χ0n) is 17.0. The van der Waals surface area contributed by atoms with Crippen LogP contribution in [0.4, 0.5) is 16.8 Å². The van der Waals surface area contributed by atoms with Gasteiger partial charge < -0.3 is 32.8 Å². The molecule has 0 aromatic carbocycles. The number of nitrogens with two attached hydrogens (primary N) is 3. The van der Waals surface area contributed by atoms with Gasteiger partial charge in [-0.05, 0) is 0 Å². The lowest BCUT2D eigenvalue weighted by Gasteiger charge is -2.51. The summed E-state index contributed by atoms with van der Waals surface area (Å²) in [6, 6.07) is 1.36. The number of thioether (sulfide) groups is 2. The van der Waals surface area contributed by atoms with E-state index in [0.29, 0.717) is 6.21 Å². The van der Waals surface area contributed by atoms with Crippen molar-refractivity contribution in [2.75, 3.05) is 23.0 Å². The van der Waals surface area contributed by atoms with E-state index in [0.717, 1.165) is 39.8 Å². The number of fused-ring (bicyclic) bond motifs is 1. The molecule has 2 aromatic rings. The summed E-state index contributed by atoms with van der Waals surface area (Å²) in [7, 11) is 0. The van der Waals surface area contributed by atoms with E-state index in [-0.39, 0.29) is 57.0 Å². The molecular formula is C17H17N9O5S3. The second-order valence-electron chi connectivity index (χ2n) is 6.95. The van der Waals surface area contributed by atoms with Crippen LogP contribution in [0.25, 0.3) is 0 Å². The highest BCUT2D eigenvalue weighted by Crippen LogP contribution is 2.54. The summed E-state index contributed by atoms with van der Waals surface area (Å²) in [4.78, 5) is 49.3. The molecule has 4 heterocycles. The number of nitrogen functional groups attached to an aromatic ring is 3. The van der Waals surface area contributed by atoms with E-state index in [1.54, 1.807) is 5.38 Å². The minimum absolute atomic E-state index is 0.0576. The van der Waals surface area contributed by atoms with Crippen molar-refractivity contribution in [1.29, 1.82) is 0 Å². The van der Waals surface area contributed by atoms with Gasteiger partial charge in [-0.2, -0.15) is 0 Å². The van der Waals surface area contributed by atoms with E-state index in [4.69, 9.17) is 22.4 Å². The number of carboxylic acid groups (broad SMARTS) is 1. The number of amides is 2. The van der Waals surface area contributed by atoms with Crippen LogP contribution in [0, 0.1) is 0 Å². The van der Waals surface area contributed by atoms with Crippen LogP contribution in [0.3, 0.4) is 0 Å². The van der Waals surface area contributed by atoms with E-state index >= 15 is 0 Å². The third kappa shape index (κ3) is 4.19. The van der Waals surface area contributed by atoms with Gasteiger partial charge in [0.2, 0.25) is 5.91 Å². The number of carboxylic acids is 1. The summed E-state index contributed by atoms with van der Waals surface area (Å²) in [6.45, 7) is 0. The van der Waals surface area contributed by atoms with Gasteiger partial charge in [-0.3, -0.25) is 14.5 Å². The number of nitrogens with zero attached hydrogens (tertiary/aromatic N) is 5. The summed E-state index contributed by atoms with van der Waals surface area (Å²) in [5.74, 6) is -2.44. The van der Waals surface area contributed by atoms with Crippen molar-refractivity contribution < 1.29 is 24.7 Å². The van der Waals surface area contributed by atoms with Crippen molar-refractivity contribution in [2.24, 2.45) is 5.16 Å². The monoisotopic (exact) mass is 523 g/mol. The quantitative estimate of drug-likeness (QED) is 0.0692. The Balaban J connectivity index is 1.89. The second kappa shape index (κ2) is 8.99. The van der Waals surface area contributed by atoms with Crippen molar-refractivity contribution in [1.82, 2.24) is 25.2 Å². The van der Waals surface area contributed by atoms with E-state index in [1.807, 2.05) is 0 Å². The molecule has 0 spiro atoms. The number of rotatable bonds is 7. The van der Waals surface area contributed by atoms with Crippen LogP contribution in [0.2, 0.25) is 0 Å². The summed E-state index contributed by atoms with van der Waals surface area (Å²) < 4.78 is 0. The van der Waals surface area contributed by atoms with Gasteiger partial charge in [0.1, 0.15) is 23.5 Å². The molecule has 34 heavy (non-hydrogen) atoms. The van der Waals surface area contributed by atoms with Gasteiger partial charge in [-0.25, -0.2) is 19.7 Å². The third-order valence-electron chi connectivity index (χ3n) is 4.82. The zero-order valence-corrected chi connectivity index (χ0v) is 19.5. The molecule has 1 fully saturated rings. The summed E-state index contributed by atoms with van der Waals surface area (Å²) >= 11 is 3.21. The first-order chi connectivity index (χ1) is 16.1. The van der Waals surface area contributed by atoms with Crippen LogP contribution in [-0.2, 0) is 19.3 Å². The lowest BCUT2D eigenvalue weighted by molar-refractivity contribution is -0.146. The normalized spacial score (nSPS) is 21.9. The number of thiazole rings is 1. The largest absolute Gasteiger partial charge is 0.477 e. The maximum Gasteiger partial charge on any atom is 0.352 e. The maximum atomic E-state index is 12.5. The molecule has 2 aliphatic rings. The number of aliphatic carboxylic acids is 1. The Hall–Kier alpha value is -3.57. The number of hydrogen-bond acceptors (Lipinski definition) is 14. The fourth-order valence-corrected chi connectivity index (χ4v) is 6.90. The SMILES string of the molecule is Nc1cc(N)nc(SCC2=C(C(=O)O)N3C(=O)C[C@H]3SC2(NC(=O)/C=N/O)c2csc(N)n2)n1. The number of nitrogens with one attached hydrogen (secondary N) is 1. The Morgan fingerprint density at radius 2 is 2.03 bits per heavy atom. The first-order valence-electron chi connectivity index (χ1n) is 9.35. The van der Waals surface area contributed by atoms with Crippen molar-refractivity contribution >= 4 is 75.6 Å². The highest BCUT2D eigenvalue weighted by atomic mass is 32.2. The molecule has 178 valence electrons. The number of carbonyl (C=O) groups excluding carboxylic acids is 2. The molecule has 0 saturated carbocycles. The number of hydrogen-bond donors (Lipinski definition) is 6. The second-order valence-corrected chi connectivity index (χ2v) is 10.2. The third-order valence-corrected chi connectivity index (χ3v) is 7.93. The highest BCUT2D eigenvalue weighted by molar-refractivity contribution is 8.01. The number of oxime groups is 1. The Morgan fingerprint density at radius 3 is 2.59 bits per heavy atom. The Morgan fingerprint density at radius 1 is 1.32 bits per heavy atom. The van der Waals surface area contributed by atoms with Gasteiger partial charge in [0.25, 0.3) is 5.91 Å². The molecule has 2 aliphatic heterocycles. The molecular weight excluding hydrogens is 506 g/mol. The van der Waals surface area contributed by atoms with Crippen LogP contribution in [0.5, 0.6) is 0 Å². The molecule has 0 radical (unpaired) electrons. The topological polar surface area (TPSA) is 236 Å². The van der Waals surface area contributed by atoms with Gasteiger partial charge in [0, 0.05) is 22.8 Å². The van der Waals surface area contributed by atoms with Crippen LogP contribution in [0.1, 0.15) is 12.1 Å². The van der Waals surface area contributed by atoms with Crippen LogP contribution in [-0.4, -0.2) is 65.3 Å². The van der Waals surface area contributed by atoms with Crippen LogP contribution >= 0.6 is 34.9 Å². The molecule has 1 unspecified atom stereocenters. The summed E-state index contributed by atoms with van der Waals surface area (Å²) in [5, 5.41) is 25.7. The van der Waals surface area contributed by atoms with Crippen molar-refractivity contribution in [2.45, 2.75) is 21.8 Å². The van der Waals surface area contributed by atoms with Gasteiger partial charge >= 0.3 is 5.97 Å². The Labute approximate surface area is 203 Å². The van der Waals surface area contributed by atoms with Gasteiger partial charge in [0.15, 0.2) is 15.2 Å². The molecule has 2 aromatic heterocycles. The van der Waals surface area contributed by atoms with Crippen molar-refractivity contribution in [3.05, 3.63) is 28.4 Å². The van der Waals surface area contributed by atoms with Crippen molar-refractivity contribution in [3.8, 4) is 0 Å². The molecule has 2 atom stereocenters. The van der Waals surface area contributed by atoms with E-state index in [2.05, 4.69) is 25.4 Å². The molecule has 1 saturated heterocycles. The maximum absolute atomic E-state index is 12.5. The molecule has 0 bridgehead atoms. The molecule has 2 amide bonds. The first-order valence-corrected chi connectivity index (χ1v) is 12.1. The first kappa shape index (κ1) is 23.6. The van der Waals surface area contributed by atoms with Gasteiger partial charge in [-0.1, -0.05) is 28.7 Å². The van der Waals surface area contributed by atoms with E-state index < -0.39 is 22.1 Å². The standard InChI is InChI=1S/C17H17N9O5S3/c18-8-1-9(19)24-16(23-8)33-4-6-13(14(29)30)26-11(28)2-12(26)34-17(6,25-10(27)3-21-31)7-5-32-15(20)22-7/h1,3,5,12,31H,2,4H2,(H2,20,22)(H,25,27)(H,29,30)(H4,18,19,23,24)/b21-3+/t12-,17?/m1/s1. The molecule has 0 aliphatic carbocycles. The van der Waals surface area contributed by atoms with Crippen molar-refractivity contribution in [3.63, 3.8) is 0 Å². The van der Waals surface area contributed by atoms with Gasteiger partial charge in [-0.15, -0.1) is 11.3 Å². The molecule has 9 N–H and O–H groups in total. The Bertz CT molecular complexity index is 1230. The minimum atomic E-state index is -1.55. The van der Waals surface area contributed by atoms with Crippen LogP contribution in [0.15, 0.2) is 33.0 Å². The number of aromatic nitrogens is 3. The lowest BCUT2D eigenvalue weighted by atomic mass is 9.98. The average molecular weight is 524 g/mol. The summed E-state index contributed by atoms with van der Waals surface area (Å²) in [5.41, 5.74) is 17.4. The average Bonchev–Trinajstić information content (AvgIpc) is 3.18. The fraction of sp³-hybridized carbons (Fsp3) is 0.235. The number of carbonyl (C=O) groups is 3. The van der Waals surface area contributed by atoms with E-state index in [1.165, 1.54) is 6.07 Å². The smallest absolute Gasteiger partial charge is 0.352 e. The highest BCUT2D eigenvalue weighted by Gasteiger charge is 2.56. The van der Waals surface area contributed by atoms with E-state index in [9.17, 15) is 19.5 Å². The Kier molecular flexibility index (Phi) is 6.24. The fourth-order valence-electron chi connectivity index (χ4n) is 3.49. The number of anilines is 3. The molecule has 4 rings (SSSR count). The predicted molar refractivity (Wildman–Crippen MR) is 126 cm³/mol. The summed E-state index contributed by atoms with van der Waals surface area (Å²) in [6.07, 6.45) is 0.686. The minimum Gasteiger partial charge on any atom is -0.477 e.